The fourth-order valence-electron chi connectivity index (χ4n) is 2.18. The van der Waals surface area contributed by atoms with Crippen molar-refractivity contribution >= 4 is 21.7 Å². The van der Waals surface area contributed by atoms with Crippen molar-refractivity contribution in [1.82, 2.24) is 9.97 Å². The van der Waals surface area contributed by atoms with E-state index in [0.717, 1.165) is 34.4 Å². The predicted octanol–water partition coefficient (Wildman–Crippen LogP) is 4.44. The molecule has 1 unspecified atom stereocenters. The maximum atomic E-state index is 5.54. The van der Waals surface area contributed by atoms with E-state index < -0.39 is 0 Å². The lowest BCUT2D eigenvalue weighted by Gasteiger charge is -2.17. The molecule has 1 aromatic carbocycles. The summed E-state index contributed by atoms with van der Waals surface area (Å²) in [4.78, 5) is 9.29. The van der Waals surface area contributed by atoms with E-state index in [-0.39, 0.29) is 6.10 Å². The Morgan fingerprint density at radius 3 is 2.52 bits per heavy atom. The number of ether oxygens (including phenoxy) is 1. The second-order valence-corrected chi connectivity index (χ2v) is 5.52. The van der Waals surface area contributed by atoms with Crippen LogP contribution in [0.3, 0.4) is 0 Å². The molecular weight excluding hydrogens is 330 g/mol. The lowest BCUT2D eigenvalue weighted by molar-refractivity contribution is 0.0878. The van der Waals surface area contributed by atoms with E-state index in [1.54, 1.807) is 7.11 Å². The summed E-state index contributed by atoms with van der Waals surface area (Å²) < 4.78 is 6.41. The fraction of sp³-hybridized carbons (Fsp3) is 0.375. The summed E-state index contributed by atoms with van der Waals surface area (Å²) in [5.74, 6) is 1.49. The summed E-state index contributed by atoms with van der Waals surface area (Å²) in [6, 6.07) is 10.1. The lowest BCUT2D eigenvalue weighted by atomic mass is 10.1. The van der Waals surface area contributed by atoms with Crippen molar-refractivity contribution in [3.63, 3.8) is 0 Å². The van der Waals surface area contributed by atoms with E-state index in [4.69, 9.17) is 9.72 Å². The van der Waals surface area contributed by atoms with Crippen molar-refractivity contribution in [3.8, 4) is 11.3 Å². The molecule has 0 saturated carbocycles. The van der Waals surface area contributed by atoms with Gasteiger partial charge in [-0.15, -0.1) is 0 Å². The van der Waals surface area contributed by atoms with Gasteiger partial charge in [0, 0.05) is 19.7 Å². The summed E-state index contributed by atoms with van der Waals surface area (Å²) in [6.07, 6.45) is 1.83. The maximum absolute atomic E-state index is 5.54. The molecule has 112 valence electrons. The smallest absolute Gasteiger partial charge is 0.160 e. The molecule has 2 aromatic rings. The lowest BCUT2D eigenvalue weighted by Crippen LogP contribution is -2.10. The summed E-state index contributed by atoms with van der Waals surface area (Å²) >= 11 is 3.59. The minimum absolute atomic E-state index is 0.0855. The molecule has 0 aliphatic carbocycles. The van der Waals surface area contributed by atoms with Crippen molar-refractivity contribution in [2.24, 2.45) is 0 Å². The van der Waals surface area contributed by atoms with Crippen LogP contribution in [0, 0.1) is 0 Å². The van der Waals surface area contributed by atoms with Gasteiger partial charge in [0.15, 0.2) is 5.82 Å². The standard InChI is InChI=1S/C16H20BrN3O/c1-4-8-12(21-3)15-19-14(11-9-6-5-7-10-11)13(17)16(18-2)20-15/h5-7,9-10,12H,4,8H2,1-3H3,(H,18,19,20). The van der Waals surface area contributed by atoms with Crippen molar-refractivity contribution in [2.45, 2.75) is 25.9 Å². The maximum Gasteiger partial charge on any atom is 0.160 e. The zero-order valence-corrected chi connectivity index (χ0v) is 14.1. The van der Waals surface area contributed by atoms with Crippen LogP contribution in [0.2, 0.25) is 0 Å². The Morgan fingerprint density at radius 1 is 1.24 bits per heavy atom. The molecule has 1 heterocycles. The van der Waals surface area contributed by atoms with E-state index in [2.05, 4.69) is 33.2 Å². The Hall–Kier alpha value is -1.46. The molecule has 1 atom stereocenters. The SMILES string of the molecule is CCCC(OC)c1nc(NC)c(Br)c(-c2ccccc2)n1. The van der Waals surface area contributed by atoms with E-state index in [9.17, 15) is 0 Å². The molecule has 1 aromatic heterocycles. The molecule has 0 amide bonds. The molecule has 1 N–H and O–H groups in total. The highest BCUT2D eigenvalue weighted by Gasteiger charge is 2.19. The number of methoxy groups -OCH3 is 1. The third-order valence-corrected chi connectivity index (χ3v) is 4.03. The van der Waals surface area contributed by atoms with Crippen molar-refractivity contribution in [1.29, 1.82) is 0 Å². The predicted molar refractivity (Wildman–Crippen MR) is 89.4 cm³/mol. The average molecular weight is 350 g/mol. The molecule has 0 fully saturated rings. The Kier molecular flexibility index (Phi) is 5.70. The van der Waals surface area contributed by atoms with Gasteiger partial charge in [0.25, 0.3) is 0 Å². The molecule has 0 spiro atoms. The van der Waals surface area contributed by atoms with Gasteiger partial charge >= 0.3 is 0 Å². The average Bonchev–Trinajstić information content (AvgIpc) is 2.54. The van der Waals surface area contributed by atoms with Crippen LogP contribution in [-0.2, 0) is 4.74 Å². The molecular formula is C16H20BrN3O. The number of nitrogens with one attached hydrogen (secondary N) is 1. The molecule has 21 heavy (non-hydrogen) atoms. The van der Waals surface area contributed by atoms with Gasteiger partial charge in [-0.2, -0.15) is 0 Å². The number of nitrogens with zero attached hydrogens (tertiary/aromatic N) is 2. The van der Waals surface area contributed by atoms with Crippen molar-refractivity contribution in [2.75, 3.05) is 19.5 Å². The topological polar surface area (TPSA) is 47.0 Å². The van der Waals surface area contributed by atoms with Crippen LogP contribution in [0.15, 0.2) is 34.8 Å². The first-order valence-corrected chi connectivity index (χ1v) is 7.84. The largest absolute Gasteiger partial charge is 0.373 e. The molecule has 0 aliphatic rings. The normalized spacial score (nSPS) is 12.2. The number of anilines is 1. The summed E-state index contributed by atoms with van der Waals surface area (Å²) in [6.45, 7) is 2.13. The van der Waals surface area contributed by atoms with Crippen LogP contribution < -0.4 is 5.32 Å². The summed E-state index contributed by atoms with van der Waals surface area (Å²) in [5.41, 5.74) is 1.93. The monoisotopic (exact) mass is 349 g/mol. The minimum atomic E-state index is -0.0855. The van der Waals surface area contributed by atoms with Crippen LogP contribution in [0.5, 0.6) is 0 Å². The number of halogens is 1. The molecule has 5 heteroatoms. The first-order valence-electron chi connectivity index (χ1n) is 7.04. The number of hydrogen-bond donors (Lipinski definition) is 1. The zero-order chi connectivity index (χ0) is 15.2. The minimum Gasteiger partial charge on any atom is -0.373 e. The molecule has 0 radical (unpaired) electrons. The second-order valence-electron chi connectivity index (χ2n) is 4.72. The van der Waals surface area contributed by atoms with Crippen LogP contribution >= 0.6 is 15.9 Å². The number of hydrogen-bond acceptors (Lipinski definition) is 4. The first kappa shape index (κ1) is 15.9. The Bertz CT molecular complexity index is 590. The van der Waals surface area contributed by atoms with Gasteiger partial charge in [-0.3, -0.25) is 0 Å². The van der Waals surface area contributed by atoms with Gasteiger partial charge in [0.2, 0.25) is 0 Å². The Morgan fingerprint density at radius 2 is 1.95 bits per heavy atom. The summed E-state index contributed by atoms with van der Waals surface area (Å²) in [5, 5.41) is 3.11. The molecule has 4 nitrogen and oxygen atoms in total. The van der Waals surface area contributed by atoms with Gasteiger partial charge in [-0.25, -0.2) is 9.97 Å². The van der Waals surface area contributed by atoms with Gasteiger partial charge < -0.3 is 10.1 Å². The van der Waals surface area contributed by atoms with Gasteiger partial charge in [0.05, 0.1) is 10.2 Å². The van der Waals surface area contributed by atoms with E-state index in [1.807, 2.05) is 37.4 Å². The van der Waals surface area contributed by atoms with Crippen molar-refractivity contribution in [3.05, 3.63) is 40.6 Å². The second kappa shape index (κ2) is 7.52. The quantitative estimate of drug-likeness (QED) is 0.837. The molecule has 0 aliphatic heterocycles. The van der Waals surface area contributed by atoms with E-state index in [1.165, 1.54) is 0 Å². The highest BCUT2D eigenvalue weighted by atomic mass is 79.9. The molecule has 2 rings (SSSR count). The van der Waals surface area contributed by atoms with E-state index >= 15 is 0 Å². The molecule has 0 bridgehead atoms. The number of rotatable bonds is 6. The van der Waals surface area contributed by atoms with Gasteiger partial charge in [-0.05, 0) is 22.4 Å². The van der Waals surface area contributed by atoms with Crippen LogP contribution in [0.1, 0.15) is 31.7 Å². The third kappa shape index (κ3) is 3.60. The van der Waals surface area contributed by atoms with E-state index in [0.29, 0.717) is 5.82 Å². The third-order valence-electron chi connectivity index (χ3n) is 3.28. The Labute approximate surface area is 134 Å². The number of aromatic nitrogens is 2. The number of benzene rings is 1. The van der Waals surface area contributed by atoms with Crippen LogP contribution in [0.4, 0.5) is 5.82 Å². The first-order chi connectivity index (χ1) is 10.2. The van der Waals surface area contributed by atoms with Gasteiger partial charge in [0.1, 0.15) is 11.9 Å². The van der Waals surface area contributed by atoms with Crippen LogP contribution in [-0.4, -0.2) is 24.1 Å². The fourth-order valence-corrected chi connectivity index (χ4v) is 2.78. The Balaban J connectivity index is 2.54. The highest BCUT2D eigenvalue weighted by Crippen LogP contribution is 2.33. The van der Waals surface area contributed by atoms with Crippen molar-refractivity contribution < 1.29 is 4.74 Å². The zero-order valence-electron chi connectivity index (χ0n) is 12.6. The summed E-state index contributed by atoms with van der Waals surface area (Å²) in [7, 11) is 3.56. The van der Waals surface area contributed by atoms with Gasteiger partial charge in [-0.1, -0.05) is 43.7 Å². The van der Waals surface area contributed by atoms with Crippen LogP contribution in [0.25, 0.3) is 11.3 Å². The highest BCUT2D eigenvalue weighted by molar-refractivity contribution is 9.10. The molecule has 0 saturated heterocycles.